The smallest absolute Gasteiger partial charge is 0.272 e. The molecule has 22 heavy (non-hydrogen) atoms. The molecule has 0 fully saturated rings. The first-order valence-corrected chi connectivity index (χ1v) is 12.3. The third-order valence-corrected chi connectivity index (χ3v) is 7.00. The lowest BCUT2D eigenvalue weighted by atomic mass is 10.0. The zero-order chi connectivity index (χ0) is 16.4. The minimum Gasteiger partial charge on any atom is -0.285 e. The van der Waals surface area contributed by atoms with Crippen molar-refractivity contribution in [3.05, 3.63) is 65.7 Å². The topological polar surface area (TPSA) is 54.4 Å². The minimum absolute atomic E-state index is 0.273. The van der Waals surface area contributed by atoms with E-state index in [1.807, 2.05) is 18.2 Å². The monoisotopic (exact) mass is 334 g/mol. The van der Waals surface area contributed by atoms with Crippen LogP contribution in [0.25, 0.3) is 0 Å². The molecule has 0 spiro atoms. The summed E-state index contributed by atoms with van der Waals surface area (Å²) in [7, 11) is -5.51. The molecule has 2 rings (SSSR count). The lowest BCUT2D eigenvalue weighted by molar-refractivity contribution is 0.468. The van der Waals surface area contributed by atoms with Gasteiger partial charge in [-0.05, 0) is 17.5 Å². The average Bonchev–Trinajstić information content (AvgIpc) is 2.44. The van der Waals surface area contributed by atoms with Gasteiger partial charge >= 0.3 is 0 Å². The third-order valence-electron chi connectivity index (χ3n) is 3.77. The van der Waals surface area contributed by atoms with E-state index in [4.69, 9.17) is 0 Å². The van der Waals surface area contributed by atoms with Gasteiger partial charge in [-0.3, -0.25) is 4.55 Å². The molecule has 1 unspecified atom stereocenters. The zero-order valence-electron chi connectivity index (χ0n) is 13.2. The van der Waals surface area contributed by atoms with Gasteiger partial charge in [0, 0.05) is 0 Å². The molecule has 5 heteroatoms. The fourth-order valence-electron chi connectivity index (χ4n) is 2.42. The fourth-order valence-corrected chi connectivity index (χ4v) is 4.49. The van der Waals surface area contributed by atoms with Crippen molar-refractivity contribution >= 4 is 23.4 Å². The first-order chi connectivity index (χ1) is 10.2. The number of hydrogen-bond donors (Lipinski definition) is 1. The number of rotatable bonds is 5. The molecule has 118 valence electrons. The highest BCUT2D eigenvalue weighted by Gasteiger charge is 2.25. The van der Waals surface area contributed by atoms with E-state index in [1.165, 1.54) is 5.19 Å². The second-order valence-corrected chi connectivity index (χ2v) is 13.2. The van der Waals surface area contributed by atoms with Gasteiger partial charge in [0.1, 0.15) is 5.25 Å². The van der Waals surface area contributed by atoms with Gasteiger partial charge in [-0.2, -0.15) is 8.42 Å². The highest BCUT2D eigenvalue weighted by atomic mass is 32.2. The third kappa shape index (κ3) is 4.29. The predicted octanol–water partition coefficient (Wildman–Crippen LogP) is 3.40. The molecule has 0 aliphatic heterocycles. The Morgan fingerprint density at radius 3 is 1.95 bits per heavy atom. The lowest BCUT2D eigenvalue weighted by Gasteiger charge is -2.18. The van der Waals surface area contributed by atoms with Gasteiger partial charge in [0.15, 0.2) is 0 Å². The molecule has 0 aliphatic carbocycles. The molecule has 0 aromatic heterocycles. The lowest BCUT2D eigenvalue weighted by Crippen LogP contribution is -2.37. The van der Waals surface area contributed by atoms with E-state index in [-0.39, 0.29) is 6.42 Å². The maximum absolute atomic E-state index is 11.7. The Labute approximate surface area is 133 Å². The molecule has 0 heterocycles. The van der Waals surface area contributed by atoms with Crippen LogP contribution in [0.2, 0.25) is 19.6 Å². The van der Waals surface area contributed by atoms with E-state index in [0.717, 1.165) is 5.56 Å². The van der Waals surface area contributed by atoms with Crippen molar-refractivity contribution in [1.82, 2.24) is 0 Å². The molecular formula is C17H22O3SSi. The van der Waals surface area contributed by atoms with E-state index >= 15 is 0 Å². The van der Waals surface area contributed by atoms with Crippen LogP contribution in [0.1, 0.15) is 16.4 Å². The van der Waals surface area contributed by atoms with Gasteiger partial charge in [-0.1, -0.05) is 79.4 Å². The molecule has 0 bridgehead atoms. The van der Waals surface area contributed by atoms with E-state index in [1.54, 1.807) is 24.3 Å². The summed E-state index contributed by atoms with van der Waals surface area (Å²) in [5.74, 6) is 0. The summed E-state index contributed by atoms with van der Waals surface area (Å²) in [6.07, 6.45) is 0.273. The highest BCUT2D eigenvalue weighted by molar-refractivity contribution is 7.86. The maximum Gasteiger partial charge on any atom is 0.272 e. The maximum atomic E-state index is 11.7. The van der Waals surface area contributed by atoms with Gasteiger partial charge in [0.25, 0.3) is 10.1 Å². The normalized spacial score (nSPS) is 13.8. The zero-order valence-corrected chi connectivity index (χ0v) is 15.0. The Hall–Kier alpha value is -1.43. The van der Waals surface area contributed by atoms with Crippen LogP contribution in [0.5, 0.6) is 0 Å². The van der Waals surface area contributed by atoms with Crippen molar-refractivity contribution in [2.24, 2.45) is 0 Å². The summed E-state index contributed by atoms with van der Waals surface area (Å²) >= 11 is 0. The minimum atomic E-state index is -4.15. The van der Waals surface area contributed by atoms with Crippen LogP contribution in [0.4, 0.5) is 0 Å². The summed E-state index contributed by atoms with van der Waals surface area (Å²) < 4.78 is 33.0. The molecule has 2 aromatic carbocycles. The molecule has 2 aromatic rings. The Kier molecular flexibility index (Phi) is 4.89. The summed E-state index contributed by atoms with van der Waals surface area (Å²) in [5, 5.41) is 0.408. The molecule has 3 nitrogen and oxygen atoms in total. The van der Waals surface area contributed by atoms with Crippen molar-refractivity contribution in [3.8, 4) is 0 Å². The van der Waals surface area contributed by atoms with Crippen LogP contribution in [0.3, 0.4) is 0 Å². The second kappa shape index (κ2) is 6.36. The Morgan fingerprint density at radius 2 is 1.50 bits per heavy atom. The molecule has 0 radical (unpaired) electrons. The molecule has 0 aliphatic rings. The van der Waals surface area contributed by atoms with Gasteiger partial charge in [0.05, 0.1) is 8.07 Å². The van der Waals surface area contributed by atoms with Gasteiger partial charge in [-0.15, -0.1) is 0 Å². The molecule has 0 saturated heterocycles. The molecular weight excluding hydrogens is 312 g/mol. The Bertz CT molecular complexity index is 717. The predicted molar refractivity (Wildman–Crippen MR) is 93.9 cm³/mol. The molecule has 1 atom stereocenters. The second-order valence-electron chi connectivity index (χ2n) is 6.57. The van der Waals surface area contributed by atoms with Crippen molar-refractivity contribution in [2.45, 2.75) is 31.3 Å². The fraction of sp³-hybridized carbons (Fsp3) is 0.294. The van der Waals surface area contributed by atoms with Crippen molar-refractivity contribution in [1.29, 1.82) is 0 Å². The summed E-state index contributed by atoms with van der Waals surface area (Å²) in [5.41, 5.74) is 1.52. The van der Waals surface area contributed by atoms with Crippen molar-refractivity contribution < 1.29 is 13.0 Å². The van der Waals surface area contributed by atoms with Crippen molar-refractivity contribution in [3.63, 3.8) is 0 Å². The standard InChI is InChI=1S/C17H22O3SSi/c1-22(2,3)16-11-9-14(10-12-16)13-17(21(18,19)20)15-7-5-4-6-8-15/h4-12,17H,13H2,1-3H3,(H,18,19,20). The van der Waals surface area contributed by atoms with Crippen molar-refractivity contribution in [2.75, 3.05) is 0 Å². The van der Waals surface area contributed by atoms with E-state index in [2.05, 4.69) is 31.8 Å². The van der Waals surface area contributed by atoms with E-state index < -0.39 is 23.4 Å². The van der Waals surface area contributed by atoms with Crippen LogP contribution in [-0.4, -0.2) is 21.0 Å². The number of hydrogen-bond acceptors (Lipinski definition) is 2. The van der Waals surface area contributed by atoms with Crippen LogP contribution >= 0.6 is 0 Å². The largest absolute Gasteiger partial charge is 0.285 e. The first kappa shape index (κ1) is 16.9. The Balaban J connectivity index is 2.29. The van der Waals surface area contributed by atoms with Gasteiger partial charge in [-0.25, -0.2) is 0 Å². The summed E-state index contributed by atoms with van der Waals surface area (Å²) in [6.45, 7) is 6.81. The summed E-state index contributed by atoms with van der Waals surface area (Å²) in [4.78, 5) is 0. The highest BCUT2D eigenvalue weighted by Crippen LogP contribution is 2.25. The molecule has 0 saturated carbocycles. The van der Waals surface area contributed by atoms with Crippen LogP contribution in [-0.2, 0) is 16.5 Å². The van der Waals surface area contributed by atoms with Crippen LogP contribution in [0, 0.1) is 0 Å². The van der Waals surface area contributed by atoms with Gasteiger partial charge < -0.3 is 0 Å². The SMILES string of the molecule is C[Si](C)(C)c1ccc(CC(c2ccccc2)S(=O)(=O)O)cc1. The first-order valence-electron chi connectivity index (χ1n) is 7.28. The Morgan fingerprint density at radius 1 is 0.955 bits per heavy atom. The molecule has 0 amide bonds. The molecule has 1 N–H and O–H groups in total. The van der Waals surface area contributed by atoms with E-state index in [0.29, 0.717) is 5.56 Å². The average molecular weight is 335 g/mol. The van der Waals surface area contributed by atoms with Gasteiger partial charge in [0.2, 0.25) is 0 Å². The number of benzene rings is 2. The summed E-state index contributed by atoms with van der Waals surface area (Å²) in [6, 6.07) is 16.9. The van der Waals surface area contributed by atoms with Crippen LogP contribution < -0.4 is 5.19 Å². The van der Waals surface area contributed by atoms with Crippen LogP contribution in [0.15, 0.2) is 54.6 Å². The quantitative estimate of drug-likeness (QED) is 0.673. The van der Waals surface area contributed by atoms with E-state index in [9.17, 15) is 13.0 Å².